The van der Waals surface area contributed by atoms with Crippen LogP contribution in [0.5, 0.6) is 0 Å². The molecule has 0 radical (unpaired) electrons. The van der Waals surface area contributed by atoms with Crippen LogP contribution >= 0.6 is 0 Å². The van der Waals surface area contributed by atoms with Gasteiger partial charge in [-0.2, -0.15) is 4.98 Å². The van der Waals surface area contributed by atoms with Crippen molar-refractivity contribution in [2.45, 2.75) is 68.3 Å². The molecule has 2 N–H and O–H groups in total. The van der Waals surface area contributed by atoms with Gasteiger partial charge < -0.3 is 10.2 Å². The summed E-state index contributed by atoms with van der Waals surface area (Å²) in [6.07, 6.45) is 6.46. The lowest BCUT2D eigenvalue weighted by atomic mass is 9.95. The van der Waals surface area contributed by atoms with Gasteiger partial charge in [0, 0.05) is 55.8 Å². The van der Waals surface area contributed by atoms with Gasteiger partial charge in [0.15, 0.2) is 10.7 Å². The Morgan fingerprint density at radius 2 is 1.83 bits per heavy atom. The number of carbonyl (C=O) groups excluding carboxylic acids is 1. The second-order valence-corrected chi connectivity index (χ2v) is 12.7. The third-order valence-electron chi connectivity index (χ3n) is 8.38. The Hall–Kier alpha value is -3.57. The summed E-state index contributed by atoms with van der Waals surface area (Å²) >= 11 is 0. The summed E-state index contributed by atoms with van der Waals surface area (Å²) in [4.78, 5) is 35.0. The van der Waals surface area contributed by atoms with E-state index in [0.717, 1.165) is 62.4 Å². The lowest BCUT2D eigenvalue weighted by molar-refractivity contribution is -0.122. The summed E-state index contributed by atoms with van der Waals surface area (Å²) in [5.74, 6) is 0.161. The first-order valence-corrected chi connectivity index (χ1v) is 15.7. The van der Waals surface area contributed by atoms with E-state index in [1.54, 1.807) is 10.6 Å². The summed E-state index contributed by atoms with van der Waals surface area (Å²) < 4.78 is 15.1. The van der Waals surface area contributed by atoms with Gasteiger partial charge >= 0.3 is 0 Å². The standard InChI is InChI=1S/C30H37N7O3S/c1-20-8-11-26(21(2)18-20)41(40)30-28-32-29(39)24-10-9-23(19-25(24)37(28)34-33-30)36-16-14-35(15-17-36)13-12-27(38)31-22-6-4-3-5-7-22/h8-11,18-19,22,34H,3-7,12-17H2,1-2H3,(H,31,38). The van der Waals surface area contributed by atoms with E-state index in [2.05, 4.69) is 30.4 Å². The number of hydrogen-bond acceptors (Lipinski definition) is 7. The van der Waals surface area contributed by atoms with E-state index >= 15 is 0 Å². The van der Waals surface area contributed by atoms with Gasteiger partial charge in [-0.1, -0.05) is 37.0 Å². The van der Waals surface area contributed by atoms with Crippen molar-refractivity contribution in [3.63, 3.8) is 0 Å². The number of nitrogens with one attached hydrogen (secondary N) is 2. The fourth-order valence-corrected chi connectivity index (χ4v) is 7.24. The van der Waals surface area contributed by atoms with Crippen LogP contribution in [-0.4, -0.2) is 73.6 Å². The highest BCUT2D eigenvalue weighted by Gasteiger charge is 2.23. The number of aromatic nitrogens is 4. The van der Waals surface area contributed by atoms with Crippen molar-refractivity contribution in [3.05, 3.63) is 57.9 Å². The molecule has 11 heteroatoms. The van der Waals surface area contributed by atoms with Crippen LogP contribution in [-0.2, 0) is 15.6 Å². The van der Waals surface area contributed by atoms with Crippen LogP contribution in [0.2, 0.25) is 0 Å². The van der Waals surface area contributed by atoms with Crippen molar-refractivity contribution in [1.29, 1.82) is 0 Å². The molecule has 2 aromatic heterocycles. The number of rotatable bonds is 7. The fourth-order valence-electron chi connectivity index (χ4n) is 6.07. The zero-order chi connectivity index (χ0) is 28.5. The molecule has 1 saturated carbocycles. The molecule has 1 amide bonds. The quantitative estimate of drug-likeness (QED) is 0.347. The van der Waals surface area contributed by atoms with E-state index < -0.39 is 10.8 Å². The van der Waals surface area contributed by atoms with E-state index in [-0.39, 0.29) is 22.1 Å². The van der Waals surface area contributed by atoms with Crippen molar-refractivity contribution in [2.75, 3.05) is 37.6 Å². The van der Waals surface area contributed by atoms with Gasteiger partial charge in [-0.05, 0) is 56.5 Å². The Balaban J connectivity index is 1.16. The molecule has 4 aromatic rings. The van der Waals surface area contributed by atoms with Gasteiger partial charge in [0.05, 0.1) is 10.9 Å². The minimum Gasteiger partial charge on any atom is -0.369 e. The molecule has 1 aliphatic heterocycles. The molecule has 6 rings (SSSR count). The molecule has 1 saturated heterocycles. The number of aryl methyl sites for hydroxylation is 2. The van der Waals surface area contributed by atoms with Crippen LogP contribution in [0.15, 0.2) is 51.1 Å². The number of nitrogens with zero attached hydrogens (tertiary/aromatic N) is 5. The second-order valence-electron chi connectivity index (χ2n) is 11.3. The number of aromatic amines is 1. The van der Waals surface area contributed by atoms with Crippen LogP contribution in [0.1, 0.15) is 49.7 Å². The van der Waals surface area contributed by atoms with E-state index in [4.69, 9.17) is 0 Å². The summed E-state index contributed by atoms with van der Waals surface area (Å²) in [5.41, 5.74) is 3.54. The highest BCUT2D eigenvalue weighted by molar-refractivity contribution is 7.85. The Kier molecular flexibility index (Phi) is 7.90. The van der Waals surface area contributed by atoms with Gasteiger partial charge in [-0.25, -0.2) is 13.9 Å². The largest absolute Gasteiger partial charge is 0.369 e. The molecule has 0 spiro atoms. The zero-order valence-electron chi connectivity index (χ0n) is 23.7. The zero-order valence-corrected chi connectivity index (χ0v) is 24.5. The highest BCUT2D eigenvalue weighted by Crippen LogP contribution is 2.26. The lowest BCUT2D eigenvalue weighted by Gasteiger charge is -2.36. The van der Waals surface area contributed by atoms with Crippen LogP contribution in [0.3, 0.4) is 0 Å². The summed E-state index contributed by atoms with van der Waals surface area (Å²) in [6, 6.07) is 11.8. The Bertz CT molecular complexity index is 1670. The van der Waals surface area contributed by atoms with Crippen LogP contribution in [0.4, 0.5) is 5.69 Å². The predicted molar refractivity (Wildman–Crippen MR) is 160 cm³/mol. The highest BCUT2D eigenvalue weighted by atomic mass is 32.2. The minimum absolute atomic E-state index is 0.161. The maximum absolute atomic E-state index is 13.5. The molecular formula is C30H37N7O3S. The summed E-state index contributed by atoms with van der Waals surface area (Å²) in [5, 5.41) is 11.2. The van der Waals surface area contributed by atoms with Gasteiger partial charge in [0.25, 0.3) is 5.56 Å². The smallest absolute Gasteiger partial charge is 0.281 e. The van der Waals surface area contributed by atoms with Gasteiger partial charge in [-0.3, -0.25) is 14.5 Å². The van der Waals surface area contributed by atoms with E-state index in [9.17, 15) is 13.8 Å². The SMILES string of the molecule is Cc1ccc(S(=O)c2n[nH]n3c2nc(=O)c2ccc(N4CCN(CCC(=O)NC5CCCCC5)CC4)cc23)c(C)c1. The van der Waals surface area contributed by atoms with Gasteiger partial charge in [0.2, 0.25) is 5.91 Å². The first-order valence-electron chi connectivity index (χ1n) is 14.5. The fraction of sp³-hybridized carbons (Fsp3) is 0.467. The first-order chi connectivity index (χ1) is 19.9. The monoisotopic (exact) mass is 575 g/mol. The first kappa shape index (κ1) is 27.6. The number of H-pyrrole nitrogens is 1. The number of hydrogen-bond donors (Lipinski definition) is 2. The molecule has 1 unspecified atom stereocenters. The molecule has 1 aliphatic carbocycles. The molecular weight excluding hydrogens is 538 g/mol. The maximum Gasteiger partial charge on any atom is 0.281 e. The average molecular weight is 576 g/mol. The third kappa shape index (κ3) is 5.78. The molecule has 2 aliphatic rings. The van der Waals surface area contributed by atoms with Crippen LogP contribution < -0.4 is 15.8 Å². The van der Waals surface area contributed by atoms with Crippen LogP contribution in [0.25, 0.3) is 16.6 Å². The van der Waals surface area contributed by atoms with Gasteiger partial charge in [-0.15, -0.1) is 5.10 Å². The number of benzene rings is 2. The Labute approximate surface area is 241 Å². The van der Waals surface area contributed by atoms with Crippen molar-refractivity contribution < 1.29 is 9.00 Å². The lowest BCUT2D eigenvalue weighted by Crippen LogP contribution is -2.47. The third-order valence-corrected chi connectivity index (χ3v) is 9.87. The molecule has 1 atom stereocenters. The van der Waals surface area contributed by atoms with E-state index in [1.165, 1.54) is 19.3 Å². The number of anilines is 1. The van der Waals surface area contributed by atoms with Crippen molar-refractivity contribution >= 4 is 38.9 Å². The summed E-state index contributed by atoms with van der Waals surface area (Å²) in [7, 11) is -1.59. The van der Waals surface area contributed by atoms with Crippen molar-refractivity contribution in [1.82, 2.24) is 30.0 Å². The van der Waals surface area contributed by atoms with Crippen molar-refractivity contribution in [3.8, 4) is 0 Å². The molecule has 0 bridgehead atoms. The molecule has 2 fully saturated rings. The Morgan fingerprint density at radius 3 is 2.59 bits per heavy atom. The second kappa shape index (κ2) is 11.7. The predicted octanol–water partition coefficient (Wildman–Crippen LogP) is 3.32. The Morgan fingerprint density at radius 1 is 1.05 bits per heavy atom. The average Bonchev–Trinajstić information content (AvgIpc) is 3.40. The number of fused-ring (bicyclic) bond motifs is 3. The maximum atomic E-state index is 13.5. The van der Waals surface area contributed by atoms with Crippen LogP contribution in [0, 0.1) is 13.8 Å². The normalized spacial score (nSPS) is 17.8. The van der Waals surface area contributed by atoms with E-state index in [0.29, 0.717) is 28.3 Å². The molecule has 41 heavy (non-hydrogen) atoms. The van der Waals surface area contributed by atoms with E-state index in [1.807, 2.05) is 44.2 Å². The van der Waals surface area contributed by atoms with Crippen molar-refractivity contribution in [2.24, 2.45) is 0 Å². The molecule has 216 valence electrons. The van der Waals surface area contributed by atoms with Gasteiger partial charge in [0.1, 0.15) is 10.8 Å². The number of amides is 1. The summed E-state index contributed by atoms with van der Waals surface area (Å²) in [6.45, 7) is 8.05. The molecule has 3 heterocycles. The number of piperazine rings is 1. The topological polar surface area (TPSA) is 116 Å². The molecule has 10 nitrogen and oxygen atoms in total. The minimum atomic E-state index is -1.59. The number of carbonyl (C=O) groups is 1. The molecule has 2 aromatic carbocycles.